The minimum Gasteiger partial charge on any atom is -0.362 e. The summed E-state index contributed by atoms with van der Waals surface area (Å²) < 4.78 is 67.3. The molecule has 1 aliphatic rings. The number of amides is 1. The summed E-state index contributed by atoms with van der Waals surface area (Å²) in [5, 5.41) is 13.6. The molecule has 1 aromatic rings. The van der Waals surface area contributed by atoms with E-state index in [1.165, 1.54) is 6.92 Å². The van der Waals surface area contributed by atoms with Crippen molar-refractivity contribution in [3.63, 3.8) is 0 Å². The van der Waals surface area contributed by atoms with Gasteiger partial charge < -0.3 is 5.11 Å². The van der Waals surface area contributed by atoms with Gasteiger partial charge in [0.15, 0.2) is 0 Å². The topological polar surface area (TPSA) is 62.1 Å². The van der Waals surface area contributed by atoms with Gasteiger partial charge in [-0.1, -0.05) is 30.3 Å². The Labute approximate surface area is 146 Å². The Morgan fingerprint density at radius 2 is 1.88 bits per heavy atom. The molecule has 1 N–H and O–H groups in total. The molecule has 26 heavy (non-hydrogen) atoms. The smallest absolute Gasteiger partial charge is 0.362 e. The highest BCUT2D eigenvalue weighted by Crippen LogP contribution is 2.43. The number of rotatable bonds is 6. The third-order valence-corrected chi connectivity index (χ3v) is 3.77. The van der Waals surface area contributed by atoms with Crippen LogP contribution >= 0.6 is 0 Å². The second-order valence-electron chi connectivity index (χ2n) is 5.94. The number of aryl methyl sites for hydroxylation is 1. The molecule has 5 nitrogen and oxygen atoms in total. The van der Waals surface area contributed by atoms with Gasteiger partial charge in [-0.2, -0.15) is 18.9 Å². The van der Waals surface area contributed by atoms with Crippen molar-refractivity contribution in [3.8, 4) is 0 Å². The van der Waals surface area contributed by atoms with E-state index in [-0.39, 0.29) is 23.6 Å². The molecule has 0 saturated carbocycles. The average Bonchev–Trinajstić information content (AvgIpc) is 2.82. The maximum atomic E-state index is 13.9. The summed E-state index contributed by atoms with van der Waals surface area (Å²) in [6.45, 7) is 1.21. The quantitative estimate of drug-likeness (QED) is 0.769. The molecule has 0 spiro atoms. The molecule has 1 heterocycles. The van der Waals surface area contributed by atoms with Crippen molar-refractivity contribution in [3.05, 3.63) is 35.9 Å². The van der Waals surface area contributed by atoms with Gasteiger partial charge in [-0.15, -0.1) is 13.2 Å². The summed E-state index contributed by atoms with van der Waals surface area (Å²) in [7, 11) is 0. The minimum absolute atomic E-state index is 0.000926. The Bertz CT molecular complexity index is 678. The fraction of sp³-hybridized carbons (Fsp3) is 0.500. The summed E-state index contributed by atoms with van der Waals surface area (Å²) in [5.41, 5.74) is -2.74. The van der Waals surface area contributed by atoms with Gasteiger partial charge in [0.25, 0.3) is 5.72 Å². The Hall–Kier alpha value is -2.07. The van der Waals surface area contributed by atoms with E-state index in [0.717, 1.165) is 5.56 Å². The average molecular weight is 380 g/mol. The van der Waals surface area contributed by atoms with Gasteiger partial charge in [0.05, 0.1) is 0 Å². The number of benzene rings is 1. The number of nitrogens with zero attached hydrogens (tertiary/aromatic N) is 2. The van der Waals surface area contributed by atoms with Crippen molar-refractivity contribution in [1.82, 2.24) is 5.01 Å². The van der Waals surface area contributed by atoms with Gasteiger partial charge >= 0.3 is 12.5 Å². The first-order valence-corrected chi connectivity index (χ1v) is 7.73. The molecule has 144 valence electrons. The number of hydrogen-bond acceptors (Lipinski definition) is 4. The molecule has 10 heteroatoms. The van der Waals surface area contributed by atoms with Crippen molar-refractivity contribution in [2.24, 2.45) is 5.10 Å². The summed E-state index contributed by atoms with van der Waals surface area (Å²) in [5.74, 6) is -1.02. The molecular formula is C16H17F5N2O3. The SMILES string of the molecule is CC1=NN(C(=O)CCCc2ccccc2)[C@](O)(C(F)(F)OC(F)(F)F)C1. The fourth-order valence-electron chi connectivity index (χ4n) is 2.63. The Balaban J connectivity index is 2.08. The van der Waals surface area contributed by atoms with E-state index >= 15 is 0 Å². The predicted molar refractivity (Wildman–Crippen MR) is 81.0 cm³/mol. The molecule has 0 aromatic heterocycles. The van der Waals surface area contributed by atoms with E-state index in [1.807, 2.05) is 12.1 Å². The van der Waals surface area contributed by atoms with E-state index in [4.69, 9.17) is 0 Å². The van der Waals surface area contributed by atoms with Crippen molar-refractivity contribution in [1.29, 1.82) is 0 Å². The predicted octanol–water partition coefficient (Wildman–Crippen LogP) is 3.44. The van der Waals surface area contributed by atoms with Gasteiger partial charge in [-0.3, -0.25) is 4.79 Å². The van der Waals surface area contributed by atoms with Crippen LogP contribution in [0.2, 0.25) is 0 Å². The van der Waals surface area contributed by atoms with Crippen LogP contribution in [0.25, 0.3) is 0 Å². The Morgan fingerprint density at radius 1 is 1.27 bits per heavy atom. The van der Waals surface area contributed by atoms with Crippen LogP contribution in [-0.4, -0.2) is 39.9 Å². The maximum absolute atomic E-state index is 13.9. The van der Waals surface area contributed by atoms with Crippen molar-refractivity contribution in [2.45, 2.75) is 50.8 Å². The number of halogens is 5. The number of hydrogen-bond donors (Lipinski definition) is 1. The van der Waals surface area contributed by atoms with Crippen LogP contribution in [0.1, 0.15) is 31.7 Å². The molecule has 0 unspecified atom stereocenters. The van der Waals surface area contributed by atoms with Crippen LogP contribution in [-0.2, 0) is 16.0 Å². The van der Waals surface area contributed by atoms with Crippen molar-refractivity contribution < 1.29 is 36.6 Å². The highest BCUT2D eigenvalue weighted by Gasteiger charge is 2.66. The van der Waals surface area contributed by atoms with Crippen molar-refractivity contribution in [2.75, 3.05) is 0 Å². The van der Waals surface area contributed by atoms with Crippen LogP contribution in [0.3, 0.4) is 0 Å². The molecule has 0 bridgehead atoms. The number of carbonyl (C=O) groups excluding carboxylic acids is 1. The molecule has 2 rings (SSSR count). The molecule has 0 aliphatic carbocycles. The molecule has 1 aromatic carbocycles. The molecule has 0 fully saturated rings. The van der Waals surface area contributed by atoms with Gasteiger partial charge in [0.2, 0.25) is 5.91 Å². The van der Waals surface area contributed by atoms with Gasteiger partial charge in [0.1, 0.15) is 0 Å². The molecular weight excluding hydrogens is 363 g/mol. The molecule has 0 saturated heterocycles. The third-order valence-electron chi connectivity index (χ3n) is 3.77. The Kier molecular flexibility index (Phi) is 5.67. The first-order chi connectivity index (χ1) is 11.9. The van der Waals surface area contributed by atoms with Gasteiger partial charge in [0, 0.05) is 18.6 Å². The summed E-state index contributed by atoms with van der Waals surface area (Å²) >= 11 is 0. The standard InChI is InChI=1S/C16H17F5N2O3/c1-11-10-14(25,15(17,18)26-16(19,20)21)23(22-11)13(24)9-5-8-12-6-3-2-4-7-12/h2-4,6-7,25H,5,8-10H2,1H3/t14-/m1/s1. The zero-order valence-corrected chi connectivity index (χ0v) is 13.8. The fourth-order valence-corrected chi connectivity index (χ4v) is 2.63. The summed E-state index contributed by atoms with van der Waals surface area (Å²) in [4.78, 5) is 12.2. The number of hydrazone groups is 1. The number of ether oxygens (including phenoxy) is 1. The van der Waals surface area contributed by atoms with Crippen molar-refractivity contribution >= 4 is 11.6 Å². The number of alkyl halides is 5. The van der Waals surface area contributed by atoms with E-state index in [0.29, 0.717) is 6.42 Å². The lowest BCUT2D eigenvalue weighted by Gasteiger charge is -2.36. The van der Waals surface area contributed by atoms with E-state index in [2.05, 4.69) is 9.84 Å². The number of aliphatic hydroxyl groups is 1. The zero-order valence-electron chi connectivity index (χ0n) is 13.8. The van der Waals surface area contributed by atoms with Crippen LogP contribution in [0.5, 0.6) is 0 Å². The van der Waals surface area contributed by atoms with E-state index in [9.17, 15) is 31.9 Å². The lowest BCUT2D eigenvalue weighted by molar-refractivity contribution is -0.469. The molecule has 1 atom stereocenters. The highest BCUT2D eigenvalue weighted by molar-refractivity contribution is 5.89. The second kappa shape index (κ2) is 7.28. The first-order valence-electron chi connectivity index (χ1n) is 7.73. The van der Waals surface area contributed by atoms with Crippen LogP contribution in [0.15, 0.2) is 35.4 Å². The second-order valence-corrected chi connectivity index (χ2v) is 5.94. The zero-order chi connectivity index (χ0) is 19.6. The van der Waals surface area contributed by atoms with Crippen LogP contribution in [0.4, 0.5) is 22.0 Å². The highest BCUT2D eigenvalue weighted by atomic mass is 19.4. The normalized spacial score (nSPS) is 21.0. The largest absolute Gasteiger partial charge is 0.527 e. The van der Waals surface area contributed by atoms with E-state index in [1.54, 1.807) is 18.2 Å². The molecule has 1 aliphatic heterocycles. The first kappa shape index (κ1) is 20.2. The lowest BCUT2D eigenvalue weighted by atomic mass is 10.0. The third kappa shape index (κ3) is 4.55. The molecule has 1 amide bonds. The monoisotopic (exact) mass is 380 g/mol. The molecule has 0 radical (unpaired) electrons. The summed E-state index contributed by atoms with van der Waals surface area (Å²) in [6.07, 6.45) is -11.3. The van der Waals surface area contributed by atoms with Crippen LogP contribution in [0, 0.1) is 0 Å². The lowest BCUT2D eigenvalue weighted by Crippen LogP contribution is -2.61. The van der Waals surface area contributed by atoms with Gasteiger partial charge in [-0.25, -0.2) is 4.74 Å². The summed E-state index contributed by atoms with van der Waals surface area (Å²) in [6, 6.07) is 9.01. The van der Waals surface area contributed by atoms with Crippen LogP contribution < -0.4 is 0 Å². The Morgan fingerprint density at radius 3 is 2.46 bits per heavy atom. The number of carbonyl (C=O) groups is 1. The van der Waals surface area contributed by atoms with Gasteiger partial charge in [-0.05, 0) is 25.3 Å². The van der Waals surface area contributed by atoms with E-state index < -0.39 is 30.5 Å². The maximum Gasteiger partial charge on any atom is 0.527 e. The minimum atomic E-state index is -5.70.